The Morgan fingerprint density at radius 2 is 1.78 bits per heavy atom. The highest BCUT2D eigenvalue weighted by Gasteiger charge is 2.51. The van der Waals surface area contributed by atoms with E-state index in [1.165, 1.54) is 27.9 Å². The molecule has 0 aliphatic carbocycles. The van der Waals surface area contributed by atoms with Crippen LogP contribution in [0, 0.1) is 11.3 Å². The van der Waals surface area contributed by atoms with Crippen LogP contribution in [0.2, 0.25) is 0 Å². The molecule has 1 fully saturated rings. The largest absolute Gasteiger partial charge is 0.463 e. The molecule has 1 aliphatic rings. The Morgan fingerprint density at radius 1 is 1.17 bits per heavy atom. The van der Waals surface area contributed by atoms with Crippen LogP contribution in [0.15, 0.2) is 0 Å². The molecule has 0 saturated carbocycles. The SMILES string of the molecule is CO[C@@]1(C#N)C[C@@H](OC(C)=O)[C@H](OC(C)=O)[C@@H](COC(C)=O)O1. The van der Waals surface area contributed by atoms with Gasteiger partial charge in [0, 0.05) is 27.9 Å². The molecule has 0 unspecified atom stereocenters. The van der Waals surface area contributed by atoms with Crippen LogP contribution in [0.25, 0.3) is 0 Å². The molecule has 1 saturated heterocycles. The van der Waals surface area contributed by atoms with E-state index >= 15 is 0 Å². The Kier molecular flexibility index (Phi) is 6.48. The molecule has 0 aromatic carbocycles. The van der Waals surface area contributed by atoms with Crippen molar-refractivity contribution in [3.63, 3.8) is 0 Å². The van der Waals surface area contributed by atoms with E-state index in [-0.39, 0.29) is 13.0 Å². The van der Waals surface area contributed by atoms with Crippen LogP contribution in [0.5, 0.6) is 0 Å². The van der Waals surface area contributed by atoms with E-state index < -0.39 is 42.0 Å². The van der Waals surface area contributed by atoms with Crippen molar-refractivity contribution in [2.24, 2.45) is 0 Å². The topological polar surface area (TPSA) is 121 Å². The van der Waals surface area contributed by atoms with E-state index in [1.807, 2.05) is 6.07 Å². The predicted octanol–water partition coefficient (Wildman–Crippen LogP) is 0.0681. The standard InChI is InChI=1S/C14H19NO8/c1-8(16)20-6-12-13(22-10(3)18)11(21-9(2)17)5-14(7-15,19-4)23-12/h11-13H,5-6H2,1-4H3/t11-,12-,13+,14+/m1/s1. The zero-order valence-electron chi connectivity index (χ0n) is 13.4. The molecule has 0 amide bonds. The van der Waals surface area contributed by atoms with Gasteiger partial charge in [-0.2, -0.15) is 5.26 Å². The summed E-state index contributed by atoms with van der Waals surface area (Å²) >= 11 is 0. The molecule has 0 radical (unpaired) electrons. The molecule has 1 aliphatic heterocycles. The van der Waals surface area contributed by atoms with Gasteiger partial charge in [0.25, 0.3) is 5.79 Å². The lowest BCUT2D eigenvalue weighted by Crippen LogP contribution is -2.58. The Bertz CT molecular complexity index is 513. The fourth-order valence-corrected chi connectivity index (χ4v) is 2.22. The van der Waals surface area contributed by atoms with E-state index in [1.54, 1.807) is 0 Å². The van der Waals surface area contributed by atoms with Crippen LogP contribution in [0.3, 0.4) is 0 Å². The molecule has 9 nitrogen and oxygen atoms in total. The van der Waals surface area contributed by atoms with Crippen molar-refractivity contribution in [1.82, 2.24) is 0 Å². The summed E-state index contributed by atoms with van der Waals surface area (Å²) in [6.45, 7) is 3.26. The number of nitrogens with zero attached hydrogens (tertiary/aromatic N) is 1. The molecule has 0 spiro atoms. The van der Waals surface area contributed by atoms with Crippen LogP contribution in [-0.2, 0) is 38.1 Å². The Morgan fingerprint density at radius 3 is 2.22 bits per heavy atom. The van der Waals surface area contributed by atoms with Crippen LogP contribution < -0.4 is 0 Å². The van der Waals surface area contributed by atoms with Gasteiger partial charge in [0.05, 0.1) is 6.42 Å². The highest BCUT2D eigenvalue weighted by atomic mass is 16.7. The molecular weight excluding hydrogens is 310 g/mol. The van der Waals surface area contributed by atoms with E-state index in [0.717, 1.165) is 0 Å². The lowest BCUT2D eigenvalue weighted by Gasteiger charge is -2.42. The van der Waals surface area contributed by atoms with Gasteiger partial charge in [-0.1, -0.05) is 0 Å². The predicted molar refractivity (Wildman–Crippen MR) is 72.6 cm³/mol. The monoisotopic (exact) mass is 329 g/mol. The second-order valence-electron chi connectivity index (χ2n) is 4.95. The Hall–Kier alpha value is -2.18. The molecular formula is C14H19NO8. The molecule has 1 rings (SSSR count). The van der Waals surface area contributed by atoms with Gasteiger partial charge >= 0.3 is 17.9 Å². The highest BCUT2D eigenvalue weighted by molar-refractivity contribution is 5.67. The maximum absolute atomic E-state index is 11.3. The summed E-state index contributed by atoms with van der Waals surface area (Å²) in [7, 11) is 1.25. The van der Waals surface area contributed by atoms with E-state index in [9.17, 15) is 19.6 Å². The number of ether oxygens (including phenoxy) is 5. The van der Waals surface area contributed by atoms with Gasteiger partial charge < -0.3 is 23.7 Å². The van der Waals surface area contributed by atoms with Crippen LogP contribution in [0.1, 0.15) is 27.2 Å². The maximum atomic E-state index is 11.3. The molecule has 4 atom stereocenters. The van der Waals surface area contributed by atoms with Gasteiger partial charge in [-0.3, -0.25) is 14.4 Å². The summed E-state index contributed by atoms with van der Waals surface area (Å²) in [5.41, 5.74) is 0. The summed E-state index contributed by atoms with van der Waals surface area (Å²) in [5, 5.41) is 9.30. The van der Waals surface area contributed by atoms with Gasteiger partial charge in [-0.15, -0.1) is 0 Å². The summed E-state index contributed by atoms with van der Waals surface area (Å²) in [6, 6.07) is 1.85. The van der Waals surface area contributed by atoms with Gasteiger partial charge in [-0.05, 0) is 0 Å². The smallest absolute Gasteiger partial charge is 0.303 e. The van der Waals surface area contributed by atoms with Gasteiger partial charge in [0.1, 0.15) is 24.9 Å². The summed E-state index contributed by atoms with van der Waals surface area (Å²) < 4.78 is 25.7. The minimum Gasteiger partial charge on any atom is -0.463 e. The number of rotatable bonds is 5. The Balaban J connectivity index is 3.10. The van der Waals surface area contributed by atoms with Crippen molar-refractivity contribution in [2.45, 2.75) is 51.3 Å². The third kappa shape index (κ3) is 5.19. The second-order valence-corrected chi connectivity index (χ2v) is 4.95. The highest BCUT2D eigenvalue weighted by Crippen LogP contribution is 2.33. The third-order valence-electron chi connectivity index (χ3n) is 3.11. The maximum Gasteiger partial charge on any atom is 0.303 e. The normalized spacial score (nSPS) is 30.0. The first-order chi connectivity index (χ1) is 10.7. The zero-order valence-corrected chi connectivity index (χ0v) is 13.4. The van der Waals surface area contributed by atoms with Crippen molar-refractivity contribution in [3.8, 4) is 6.07 Å². The molecule has 1 heterocycles. The molecule has 0 aromatic heterocycles. The first kappa shape index (κ1) is 18.9. The number of nitriles is 1. The minimum atomic E-state index is -1.71. The summed E-state index contributed by atoms with van der Waals surface area (Å²) in [6.07, 6.45) is -3.20. The van der Waals surface area contributed by atoms with Crippen molar-refractivity contribution in [2.75, 3.05) is 13.7 Å². The first-order valence-corrected chi connectivity index (χ1v) is 6.85. The average molecular weight is 329 g/mol. The molecule has 0 aromatic rings. The first-order valence-electron chi connectivity index (χ1n) is 6.85. The fraction of sp³-hybridized carbons (Fsp3) is 0.714. The zero-order chi connectivity index (χ0) is 17.6. The number of hydrogen-bond acceptors (Lipinski definition) is 9. The number of hydrogen-bond donors (Lipinski definition) is 0. The van der Waals surface area contributed by atoms with E-state index in [4.69, 9.17) is 23.7 Å². The molecule has 0 bridgehead atoms. The molecule has 9 heteroatoms. The van der Waals surface area contributed by atoms with Gasteiger partial charge in [0.15, 0.2) is 6.10 Å². The van der Waals surface area contributed by atoms with Gasteiger partial charge in [-0.25, -0.2) is 0 Å². The third-order valence-corrected chi connectivity index (χ3v) is 3.11. The average Bonchev–Trinajstić information content (AvgIpc) is 2.46. The van der Waals surface area contributed by atoms with Crippen molar-refractivity contribution in [1.29, 1.82) is 5.26 Å². The van der Waals surface area contributed by atoms with Gasteiger partial charge in [0.2, 0.25) is 0 Å². The summed E-state index contributed by atoms with van der Waals surface area (Å²) in [5.74, 6) is -3.54. The molecule has 0 N–H and O–H groups in total. The van der Waals surface area contributed by atoms with Crippen molar-refractivity contribution >= 4 is 17.9 Å². The second kappa shape index (κ2) is 7.89. The number of methoxy groups -OCH3 is 1. The van der Waals surface area contributed by atoms with Crippen molar-refractivity contribution in [3.05, 3.63) is 0 Å². The molecule has 128 valence electrons. The number of carbonyl (C=O) groups is 3. The van der Waals surface area contributed by atoms with E-state index in [0.29, 0.717) is 0 Å². The number of carbonyl (C=O) groups excluding carboxylic acids is 3. The summed E-state index contributed by atoms with van der Waals surface area (Å²) in [4.78, 5) is 33.6. The number of esters is 3. The lowest BCUT2D eigenvalue weighted by atomic mass is 9.95. The van der Waals surface area contributed by atoms with Crippen LogP contribution in [-0.4, -0.2) is 55.7 Å². The molecule has 23 heavy (non-hydrogen) atoms. The van der Waals surface area contributed by atoms with Crippen LogP contribution in [0.4, 0.5) is 0 Å². The lowest BCUT2D eigenvalue weighted by molar-refractivity contribution is -0.292. The Labute approximate surface area is 133 Å². The van der Waals surface area contributed by atoms with Crippen molar-refractivity contribution < 1.29 is 38.1 Å². The fourth-order valence-electron chi connectivity index (χ4n) is 2.22. The van der Waals surface area contributed by atoms with Crippen LogP contribution >= 0.6 is 0 Å². The minimum absolute atomic E-state index is 0.159. The van der Waals surface area contributed by atoms with E-state index in [2.05, 4.69) is 0 Å². The quantitative estimate of drug-likeness (QED) is 0.509.